The van der Waals surface area contributed by atoms with E-state index in [0.29, 0.717) is 0 Å². The van der Waals surface area contributed by atoms with Crippen molar-refractivity contribution in [3.63, 3.8) is 0 Å². The zero-order valence-electron chi connectivity index (χ0n) is 16.2. The van der Waals surface area contributed by atoms with E-state index < -0.39 is 0 Å². The van der Waals surface area contributed by atoms with Crippen molar-refractivity contribution in [2.45, 2.75) is 13.8 Å². The molecule has 0 aliphatic heterocycles. The first-order valence-electron chi connectivity index (χ1n) is 8.33. The van der Waals surface area contributed by atoms with Crippen LogP contribution in [0.5, 0.6) is 0 Å². The van der Waals surface area contributed by atoms with Gasteiger partial charge in [0.05, 0.1) is 34.2 Å². The minimum absolute atomic E-state index is 0. The van der Waals surface area contributed by atoms with Gasteiger partial charge in [-0.3, -0.25) is 0 Å². The molecule has 3 nitrogen and oxygen atoms in total. The summed E-state index contributed by atoms with van der Waals surface area (Å²) in [5.41, 5.74) is 4.94. The van der Waals surface area contributed by atoms with E-state index in [4.69, 9.17) is 15.0 Å². The predicted molar refractivity (Wildman–Crippen MR) is 132 cm³/mol. The number of aliphatic imine (C=N–C) groups is 2. The van der Waals surface area contributed by atoms with Gasteiger partial charge in [0.2, 0.25) is 0 Å². The topological polar surface area (TPSA) is 37.6 Å². The summed E-state index contributed by atoms with van der Waals surface area (Å²) in [6.07, 6.45) is 0. The van der Waals surface area contributed by atoms with Crippen LogP contribution in [0.3, 0.4) is 0 Å². The summed E-state index contributed by atoms with van der Waals surface area (Å²) in [4.78, 5) is 14.3. The van der Waals surface area contributed by atoms with Gasteiger partial charge in [-0.1, -0.05) is 18.2 Å². The summed E-state index contributed by atoms with van der Waals surface area (Å²) in [5.74, 6) is 0. The van der Waals surface area contributed by atoms with Crippen LogP contribution in [0.4, 0.5) is 11.4 Å². The fourth-order valence-electron chi connectivity index (χ4n) is 2.48. The third-order valence-corrected chi connectivity index (χ3v) is 6.48. The van der Waals surface area contributed by atoms with Crippen molar-refractivity contribution in [3.8, 4) is 0 Å². The average molecular weight is 756 g/mol. The molecule has 1 aromatic heterocycles. The summed E-state index contributed by atoms with van der Waals surface area (Å²) in [6, 6.07) is 17.7. The summed E-state index contributed by atoms with van der Waals surface area (Å²) in [6.45, 7) is 3.91. The Morgan fingerprint density at radius 3 is 1.23 bits per heavy atom. The molecular formula is C21H15Br4Cl2FeN3. The number of para-hydroxylation sites is 2. The van der Waals surface area contributed by atoms with Crippen molar-refractivity contribution >= 4 is 86.5 Å². The van der Waals surface area contributed by atoms with E-state index in [-0.39, 0.29) is 41.9 Å². The summed E-state index contributed by atoms with van der Waals surface area (Å²) in [7, 11) is 0. The van der Waals surface area contributed by atoms with Crippen molar-refractivity contribution in [1.82, 2.24) is 4.98 Å². The second-order valence-corrected chi connectivity index (χ2v) is 9.36. The Morgan fingerprint density at radius 1 is 0.613 bits per heavy atom. The first kappa shape index (κ1) is 30.9. The van der Waals surface area contributed by atoms with Crippen molar-refractivity contribution in [3.05, 3.63) is 83.9 Å². The maximum atomic E-state index is 4.76. The molecule has 0 amide bonds. The van der Waals surface area contributed by atoms with Gasteiger partial charge in [0.25, 0.3) is 0 Å². The fourth-order valence-corrected chi connectivity index (χ4v) is 4.83. The molecule has 0 fully saturated rings. The normalized spacial score (nSPS) is 11.2. The molecule has 31 heavy (non-hydrogen) atoms. The molecule has 3 aromatic rings. The number of rotatable bonds is 4. The first-order chi connectivity index (χ1) is 13.4. The number of hydrogen-bond donors (Lipinski definition) is 0. The zero-order valence-corrected chi connectivity index (χ0v) is 25.1. The molecule has 10 heteroatoms. The molecule has 0 spiro atoms. The molecule has 0 aliphatic rings. The largest absolute Gasteiger partial charge is 2.00 e. The number of pyridine rings is 1. The SMILES string of the molecule is CC(=Nc1c(Br)cccc1Br)c1cccc(C(C)=Nc2c(Br)cccc2Br)n1.[Cl-].[Cl-].[Fe+2]. The predicted octanol–water partition coefficient (Wildman–Crippen LogP) is 2.42. The minimum atomic E-state index is 0. The minimum Gasteiger partial charge on any atom is -1.00 e. The maximum absolute atomic E-state index is 4.76. The van der Waals surface area contributed by atoms with Crippen LogP contribution in [0, 0.1) is 0 Å². The van der Waals surface area contributed by atoms with Crippen LogP contribution in [0.1, 0.15) is 25.2 Å². The molecule has 0 radical (unpaired) electrons. The van der Waals surface area contributed by atoms with E-state index in [9.17, 15) is 0 Å². The Bertz CT molecular complexity index is 984. The second kappa shape index (κ2) is 14.3. The van der Waals surface area contributed by atoms with E-state index >= 15 is 0 Å². The average Bonchev–Trinajstić information content (AvgIpc) is 2.67. The van der Waals surface area contributed by atoms with Crippen molar-refractivity contribution in [2.75, 3.05) is 0 Å². The monoisotopic (exact) mass is 751 g/mol. The summed E-state index contributed by atoms with van der Waals surface area (Å²) < 4.78 is 3.70. The quantitative estimate of drug-likeness (QED) is 0.298. The van der Waals surface area contributed by atoms with Crippen LogP contribution in [-0.2, 0) is 17.1 Å². The zero-order chi connectivity index (χ0) is 20.3. The van der Waals surface area contributed by atoms with Gasteiger partial charge in [0.1, 0.15) is 0 Å². The Labute approximate surface area is 238 Å². The fraction of sp³-hybridized carbons (Fsp3) is 0.0952. The van der Waals surface area contributed by atoms with Crippen LogP contribution >= 0.6 is 63.7 Å². The van der Waals surface area contributed by atoms with E-state index in [1.807, 2.05) is 68.4 Å². The number of halogens is 6. The Balaban J connectivity index is 0.00000300. The number of nitrogens with zero attached hydrogens (tertiary/aromatic N) is 3. The van der Waals surface area contributed by atoms with E-state index in [1.54, 1.807) is 0 Å². The standard InChI is InChI=1S/C21H15Br4N3.2ClH.Fe/c1-12(26-20-14(22)6-3-7-15(20)23)18-10-5-11-19(28-18)13(2)27-21-16(24)8-4-9-17(21)25;;;/h3-11H,1-2H3;2*1H;/q;;;+2/p-2. The molecule has 1 heterocycles. The van der Waals surface area contributed by atoms with Crippen LogP contribution in [0.2, 0.25) is 0 Å². The maximum Gasteiger partial charge on any atom is 2.00 e. The number of benzene rings is 2. The van der Waals surface area contributed by atoms with Gasteiger partial charge in [-0.25, -0.2) is 15.0 Å². The van der Waals surface area contributed by atoms with Gasteiger partial charge < -0.3 is 24.8 Å². The molecule has 2 aromatic carbocycles. The van der Waals surface area contributed by atoms with Gasteiger partial charge in [0.15, 0.2) is 0 Å². The van der Waals surface area contributed by atoms with Crippen LogP contribution in [0.15, 0.2) is 82.5 Å². The van der Waals surface area contributed by atoms with Crippen LogP contribution < -0.4 is 24.8 Å². The third-order valence-electron chi connectivity index (χ3n) is 3.92. The molecule has 164 valence electrons. The van der Waals surface area contributed by atoms with Gasteiger partial charge >= 0.3 is 17.1 Å². The van der Waals surface area contributed by atoms with Gasteiger partial charge in [0, 0.05) is 17.9 Å². The molecule has 0 aliphatic carbocycles. The van der Waals surface area contributed by atoms with Crippen molar-refractivity contribution < 1.29 is 41.9 Å². The van der Waals surface area contributed by atoms with E-state index in [2.05, 4.69) is 63.7 Å². The summed E-state index contributed by atoms with van der Waals surface area (Å²) in [5, 5.41) is 0. The Kier molecular flexibility index (Phi) is 14.2. The van der Waals surface area contributed by atoms with Gasteiger partial charge in [-0.05, 0) is 114 Å². The van der Waals surface area contributed by atoms with E-state index in [1.165, 1.54) is 0 Å². The number of aromatic nitrogens is 1. The molecular weight excluding hydrogens is 741 g/mol. The summed E-state index contributed by atoms with van der Waals surface area (Å²) >= 11 is 14.2. The molecule has 0 atom stereocenters. The van der Waals surface area contributed by atoms with Crippen LogP contribution in [0.25, 0.3) is 0 Å². The molecule has 0 saturated carbocycles. The molecule has 3 rings (SSSR count). The van der Waals surface area contributed by atoms with Gasteiger partial charge in [-0.15, -0.1) is 0 Å². The molecule has 0 N–H and O–H groups in total. The molecule has 0 unspecified atom stereocenters. The molecule has 0 saturated heterocycles. The number of hydrogen-bond acceptors (Lipinski definition) is 3. The van der Waals surface area contributed by atoms with Crippen molar-refractivity contribution in [1.29, 1.82) is 0 Å². The second-order valence-electron chi connectivity index (χ2n) is 5.94. The Morgan fingerprint density at radius 2 is 0.903 bits per heavy atom. The smallest absolute Gasteiger partial charge is 1.00 e. The van der Waals surface area contributed by atoms with Gasteiger partial charge in [-0.2, -0.15) is 0 Å². The van der Waals surface area contributed by atoms with Crippen LogP contribution in [-0.4, -0.2) is 16.4 Å². The van der Waals surface area contributed by atoms with Crippen molar-refractivity contribution in [2.24, 2.45) is 9.98 Å². The third kappa shape index (κ3) is 8.04. The van der Waals surface area contributed by atoms with E-state index in [0.717, 1.165) is 52.1 Å². The molecule has 0 bridgehead atoms. The first-order valence-corrected chi connectivity index (χ1v) is 11.5. The Hall–Kier alpha value is -0.0505.